The Balaban J connectivity index is 1.86. The second-order valence-electron chi connectivity index (χ2n) is 10.0. The van der Waals surface area contributed by atoms with E-state index >= 15 is 0 Å². The zero-order chi connectivity index (χ0) is 27.8. The van der Waals surface area contributed by atoms with Gasteiger partial charge in [-0.15, -0.1) is 0 Å². The smallest absolute Gasteiger partial charge is 0.355 e. The predicted octanol–water partition coefficient (Wildman–Crippen LogP) is 2.45. The van der Waals surface area contributed by atoms with Gasteiger partial charge in [0.2, 0.25) is 5.91 Å². The number of rotatable bonds is 1. The van der Waals surface area contributed by atoms with Crippen LogP contribution in [0.15, 0.2) is 58.4 Å². The molecule has 3 heterocycles. The van der Waals surface area contributed by atoms with Gasteiger partial charge in [-0.2, -0.15) is 0 Å². The van der Waals surface area contributed by atoms with Crippen molar-refractivity contribution in [3.63, 3.8) is 0 Å². The van der Waals surface area contributed by atoms with Gasteiger partial charge in [0.1, 0.15) is 18.1 Å². The normalized spacial score (nSPS) is 29.6. The van der Waals surface area contributed by atoms with Crippen LogP contribution in [0.3, 0.4) is 0 Å². The molecule has 0 saturated heterocycles. The number of fused-ring (bicyclic) bond motifs is 3. The van der Waals surface area contributed by atoms with Gasteiger partial charge < -0.3 is 29.6 Å². The lowest BCUT2D eigenvalue weighted by Crippen LogP contribution is -2.36. The Morgan fingerprint density at radius 3 is 2.68 bits per heavy atom. The number of oxazole rings is 1. The van der Waals surface area contributed by atoms with Crippen LogP contribution >= 0.6 is 0 Å². The quantitative estimate of drug-likeness (QED) is 0.473. The van der Waals surface area contributed by atoms with Crippen molar-refractivity contribution in [1.82, 2.24) is 15.2 Å². The van der Waals surface area contributed by atoms with Crippen molar-refractivity contribution in [3.8, 4) is 0 Å². The third kappa shape index (κ3) is 8.00. The molecule has 2 aliphatic heterocycles. The summed E-state index contributed by atoms with van der Waals surface area (Å²) in [6, 6.07) is 0. The van der Waals surface area contributed by atoms with E-state index in [-0.39, 0.29) is 54.4 Å². The van der Waals surface area contributed by atoms with Gasteiger partial charge in [-0.25, -0.2) is 9.78 Å². The lowest BCUT2D eigenvalue weighted by molar-refractivity contribution is -0.149. The highest BCUT2D eigenvalue weighted by molar-refractivity contribution is 6.00. The van der Waals surface area contributed by atoms with Gasteiger partial charge in [-0.3, -0.25) is 9.59 Å². The monoisotopic (exact) mass is 527 g/mol. The SMILES string of the molecule is CC1=C\[C@@H](O)C[C@@H](O)Cc2nc(co2)C(=O)N2CCC=C2C(=O)O[C@@H](C(C)C)[C@@H](C)/C=C/C(=O)NC\C=C\1. The first kappa shape index (κ1) is 29.1. The van der Waals surface area contributed by atoms with Crippen LogP contribution in [0.25, 0.3) is 0 Å². The van der Waals surface area contributed by atoms with E-state index < -0.39 is 30.2 Å². The van der Waals surface area contributed by atoms with Crippen LogP contribution in [0.4, 0.5) is 0 Å². The summed E-state index contributed by atoms with van der Waals surface area (Å²) >= 11 is 0. The first-order chi connectivity index (χ1) is 18.0. The molecule has 10 heteroatoms. The standard InChI is InChI=1S/C28H37N3O7/c1-17(2)26-19(4)9-10-24(34)29-11-5-7-18(3)13-20(32)14-21(33)15-25-30-22(16-37-25)27(35)31-12-6-8-23(31)28(36)38-26/h5,7-10,13,16-17,19-21,26,32-33H,6,11-12,14-15H2,1-4H3,(H,29,34)/b7-5+,10-9+,18-13+/t19-,20+,21+,26-/m0/s1. The Bertz CT molecular complexity index is 1130. The summed E-state index contributed by atoms with van der Waals surface area (Å²) in [7, 11) is 0. The van der Waals surface area contributed by atoms with E-state index in [1.54, 1.807) is 37.3 Å². The fourth-order valence-electron chi connectivity index (χ4n) is 4.44. The van der Waals surface area contributed by atoms with Gasteiger partial charge in [0.05, 0.1) is 18.6 Å². The zero-order valence-electron chi connectivity index (χ0n) is 22.3. The van der Waals surface area contributed by atoms with E-state index in [0.717, 1.165) is 5.57 Å². The Morgan fingerprint density at radius 2 is 1.95 bits per heavy atom. The van der Waals surface area contributed by atoms with E-state index in [4.69, 9.17) is 9.15 Å². The highest BCUT2D eigenvalue weighted by Gasteiger charge is 2.33. The fourth-order valence-corrected chi connectivity index (χ4v) is 4.44. The molecular formula is C28H37N3O7. The van der Waals surface area contributed by atoms with Crippen molar-refractivity contribution in [1.29, 1.82) is 0 Å². The molecule has 0 aromatic carbocycles. The van der Waals surface area contributed by atoms with Gasteiger partial charge in [0, 0.05) is 25.4 Å². The summed E-state index contributed by atoms with van der Waals surface area (Å²) in [5.74, 6) is -1.58. The molecule has 2 amide bonds. The van der Waals surface area contributed by atoms with Gasteiger partial charge >= 0.3 is 5.97 Å². The largest absolute Gasteiger partial charge is 0.457 e. The van der Waals surface area contributed by atoms with Gasteiger partial charge in [0.25, 0.3) is 5.91 Å². The van der Waals surface area contributed by atoms with Crippen LogP contribution < -0.4 is 5.32 Å². The van der Waals surface area contributed by atoms with Gasteiger partial charge in [-0.1, -0.05) is 56.7 Å². The summed E-state index contributed by atoms with van der Waals surface area (Å²) in [6.07, 6.45) is 9.22. The number of allylic oxidation sites excluding steroid dienone is 2. The molecule has 3 N–H and O–H groups in total. The molecule has 3 rings (SSSR count). The van der Waals surface area contributed by atoms with Crippen molar-refractivity contribution in [2.45, 2.75) is 65.3 Å². The number of aromatic nitrogens is 1. The van der Waals surface area contributed by atoms with Crippen LogP contribution in [0.2, 0.25) is 0 Å². The van der Waals surface area contributed by atoms with Crippen LogP contribution in [0, 0.1) is 11.8 Å². The van der Waals surface area contributed by atoms with Crippen LogP contribution in [0.5, 0.6) is 0 Å². The summed E-state index contributed by atoms with van der Waals surface area (Å²) < 4.78 is 11.2. The van der Waals surface area contributed by atoms with E-state index in [1.807, 2.05) is 20.8 Å². The molecule has 1 aromatic rings. The molecule has 0 spiro atoms. The average Bonchev–Trinajstić information content (AvgIpc) is 3.52. The lowest BCUT2D eigenvalue weighted by Gasteiger charge is -2.27. The fraction of sp³-hybridized carbons (Fsp3) is 0.500. The molecule has 0 fully saturated rings. The Morgan fingerprint density at radius 1 is 1.18 bits per heavy atom. The molecule has 2 aliphatic rings. The molecule has 206 valence electrons. The Kier molecular flexibility index (Phi) is 10.2. The van der Waals surface area contributed by atoms with Crippen molar-refractivity contribution < 1.29 is 33.8 Å². The molecule has 0 unspecified atom stereocenters. The highest BCUT2D eigenvalue weighted by Crippen LogP contribution is 2.24. The summed E-state index contributed by atoms with van der Waals surface area (Å²) in [6.45, 7) is 8.08. The van der Waals surface area contributed by atoms with Crippen molar-refractivity contribution >= 4 is 17.8 Å². The number of esters is 1. The molecule has 38 heavy (non-hydrogen) atoms. The van der Waals surface area contributed by atoms with E-state index in [1.165, 1.54) is 17.2 Å². The van der Waals surface area contributed by atoms with Gasteiger partial charge in [0.15, 0.2) is 11.6 Å². The number of hydrogen-bond donors (Lipinski definition) is 3. The van der Waals surface area contributed by atoms with Crippen molar-refractivity contribution in [3.05, 3.63) is 65.6 Å². The van der Waals surface area contributed by atoms with E-state index in [0.29, 0.717) is 13.0 Å². The minimum Gasteiger partial charge on any atom is -0.457 e. The second-order valence-corrected chi connectivity index (χ2v) is 10.0. The predicted molar refractivity (Wildman–Crippen MR) is 140 cm³/mol. The molecule has 10 nitrogen and oxygen atoms in total. The minimum atomic E-state index is -0.959. The van der Waals surface area contributed by atoms with Crippen molar-refractivity contribution in [2.24, 2.45) is 11.8 Å². The topological polar surface area (TPSA) is 142 Å². The van der Waals surface area contributed by atoms with Crippen LogP contribution in [-0.2, 0) is 20.7 Å². The first-order valence-electron chi connectivity index (χ1n) is 12.9. The maximum absolute atomic E-state index is 13.1. The van der Waals surface area contributed by atoms with Gasteiger partial charge in [-0.05, 0) is 25.3 Å². The molecule has 0 aliphatic carbocycles. The molecule has 4 atom stereocenters. The highest BCUT2D eigenvalue weighted by atomic mass is 16.5. The Labute approximate surface area is 222 Å². The molecular weight excluding hydrogens is 490 g/mol. The first-order valence-corrected chi connectivity index (χ1v) is 12.9. The number of cyclic esters (lactones) is 1. The zero-order valence-corrected chi connectivity index (χ0v) is 22.3. The molecule has 1 aromatic heterocycles. The summed E-state index contributed by atoms with van der Waals surface area (Å²) in [5.41, 5.74) is 0.909. The summed E-state index contributed by atoms with van der Waals surface area (Å²) in [4.78, 5) is 44.0. The average molecular weight is 528 g/mol. The molecule has 0 radical (unpaired) electrons. The Hall–Kier alpha value is -3.50. The second kappa shape index (κ2) is 13.3. The number of hydrogen-bond acceptors (Lipinski definition) is 8. The third-order valence-corrected chi connectivity index (χ3v) is 6.33. The summed E-state index contributed by atoms with van der Waals surface area (Å²) in [5, 5.41) is 23.5. The number of nitrogens with one attached hydrogen (secondary N) is 1. The third-order valence-electron chi connectivity index (χ3n) is 6.33. The number of aliphatic hydroxyl groups excluding tert-OH is 2. The lowest BCUT2D eigenvalue weighted by atomic mass is 9.94. The number of carbonyl (C=O) groups is 3. The number of carbonyl (C=O) groups excluding carboxylic acids is 3. The number of amides is 2. The molecule has 0 saturated carbocycles. The minimum absolute atomic E-state index is 0.00476. The van der Waals surface area contributed by atoms with Crippen LogP contribution in [-0.4, -0.2) is 69.3 Å². The number of nitrogens with zero attached hydrogens (tertiary/aromatic N) is 2. The maximum atomic E-state index is 13.1. The van der Waals surface area contributed by atoms with E-state index in [9.17, 15) is 24.6 Å². The molecule has 2 bridgehead atoms. The van der Waals surface area contributed by atoms with Crippen molar-refractivity contribution in [2.75, 3.05) is 13.1 Å². The van der Waals surface area contributed by atoms with E-state index in [2.05, 4.69) is 10.3 Å². The number of ether oxygens (including phenoxy) is 1. The number of aliphatic hydroxyl groups is 2. The van der Waals surface area contributed by atoms with Crippen LogP contribution in [0.1, 0.15) is 56.9 Å². The maximum Gasteiger partial charge on any atom is 0.355 e.